The molecule has 0 spiro atoms. The Morgan fingerprint density at radius 2 is 1.76 bits per heavy atom. The van der Waals surface area contributed by atoms with Gasteiger partial charge in [0.1, 0.15) is 6.54 Å². The van der Waals surface area contributed by atoms with Gasteiger partial charge < -0.3 is 10.2 Å². The number of carbonyl (C=O) groups is 2. The number of hydrogen-bond donors (Lipinski definition) is 1. The van der Waals surface area contributed by atoms with E-state index in [-0.39, 0.29) is 30.6 Å². The van der Waals surface area contributed by atoms with Crippen molar-refractivity contribution < 1.29 is 9.59 Å². The number of fused-ring (bicyclic) bond motifs is 1. The first kappa shape index (κ1) is 20.9. The molecule has 0 saturated carbocycles. The lowest BCUT2D eigenvalue weighted by Gasteiger charge is -2.17. The average Bonchev–Trinajstić information content (AvgIpc) is 2.95. The summed E-state index contributed by atoms with van der Waals surface area (Å²) in [5.41, 5.74) is 2.88. The fourth-order valence-electron chi connectivity index (χ4n) is 3.25. The van der Waals surface area contributed by atoms with Gasteiger partial charge in [0, 0.05) is 23.8 Å². The maximum atomic E-state index is 12.7. The molecular weight excluding hydrogens is 436 g/mol. The number of rotatable bonds is 6. The Hall–Kier alpha value is -2.87. The number of amides is 2. The molecule has 0 aliphatic heterocycles. The van der Waals surface area contributed by atoms with E-state index in [0.717, 1.165) is 15.6 Å². The lowest BCUT2D eigenvalue weighted by atomic mass is 10.2. The number of nitrogens with zero attached hydrogens (tertiary/aromatic N) is 3. The minimum Gasteiger partial charge on any atom is -0.335 e. The molecule has 1 aromatic heterocycles. The van der Waals surface area contributed by atoms with Gasteiger partial charge in [-0.05, 0) is 49.7 Å². The first-order valence-electron chi connectivity index (χ1n) is 9.29. The summed E-state index contributed by atoms with van der Waals surface area (Å²) >= 11 is 3.39. The number of aryl methyl sites for hydroxylation is 2. The molecule has 0 bridgehead atoms. The third-order valence-corrected chi connectivity index (χ3v) is 5.30. The molecule has 0 saturated heterocycles. The van der Waals surface area contributed by atoms with Gasteiger partial charge in [-0.3, -0.25) is 18.7 Å². The Labute approximate surface area is 177 Å². The quantitative estimate of drug-likeness (QED) is 0.616. The Bertz CT molecular complexity index is 1130. The monoisotopic (exact) mass is 458 g/mol. The summed E-state index contributed by atoms with van der Waals surface area (Å²) in [6, 6.07) is 12.9. The van der Waals surface area contributed by atoms with E-state index in [0.29, 0.717) is 17.7 Å². The Morgan fingerprint density at radius 3 is 2.38 bits per heavy atom. The number of benzene rings is 2. The van der Waals surface area contributed by atoms with E-state index in [1.165, 1.54) is 9.47 Å². The molecule has 152 valence electrons. The van der Waals surface area contributed by atoms with Crippen LogP contribution >= 0.6 is 15.9 Å². The second-order valence-corrected chi connectivity index (χ2v) is 7.77. The summed E-state index contributed by atoms with van der Waals surface area (Å²) < 4.78 is 4.01. The van der Waals surface area contributed by atoms with Crippen molar-refractivity contribution in [2.75, 3.05) is 18.9 Å². The number of imidazole rings is 1. The molecular formula is C21H23BrN4O3. The van der Waals surface area contributed by atoms with E-state index >= 15 is 0 Å². The first-order valence-corrected chi connectivity index (χ1v) is 10.1. The van der Waals surface area contributed by atoms with Crippen LogP contribution in [0.5, 0.6) is 0 Å². The van der Waals surface area contributed by atoms with Crippen molar-refractivity contribution in [2.45, 2.75) is 26.9 Å². The number of nitrogens with one attached hydrogen (secondary N) is 1. The highest BCUT2D eigenvalue weighted by Crippen LogP contribution is 2.20. The maximum absolute atomic E-state index is 12.7. The van der Waals surface area contributed by atoms with E-state index in [9.17, 15) is 14.4 Å². The third-order valence-electron chi connectivity index (χ3n) is 4.80. The van der Waals surface area contributed by atoms with Crippen LogP contribution < -0.4 is 11.0 Å². The van der Waals surface area contributed by atoms with E-state index < -0.39 is 0 Å². The SMILES string of the molecule is CCn1c(=O)n(CC(=O)N(C)CC(=O)Nc2ccc(Br)cc2C)c2ccccc21. The molecule has 3 rings (SSSR count). The number of para-hydroxylation sites is 2. The lowest BCUT2D eigenvalue weighted by Crippen LogP contribution is -2.38. The summed E-state index contributed by atoms with van der Waals surface area (Å²) in [5, 5.41) is 2.82. The van der Waals surface area contributed by atoms with Crippen molar-refractivity contribution in [3.63, 3.8) is 0 Å². The van der Waals surface area contributed by atoms with E-state index in [1.54, 1.807) is 17.7 Å². The minimum atomic E-state index is -0.311. The molecule has 7 nitrogen and oxygen atoms in total. The van der Waals surface area contributed by atoms with E-state index in [1.807, 2.05) is 50.2 Å². The predicted molar refractivity (Wildman–Crippen MR) is 117 cm³/mol. The van der Waals surface area contributed by atoms with Crippen LogP contribution in [0, 0.1) is 6.92 Å². The molecule has 8 heteroatoms. The Kier molecular flexibility index (Phi) is 6.22. The van der Waals surface area contributed by atoms with Crippen molar-refractivity contribution in [3.05, 3.63) is 63.0 Å². The van der Waals surface area contributed by atoms with Crippen LogP contribution in [0.4, 0.5) is 5.69 Å². The maximum Gasteiger partial charge on any atom is 0.329 e. The van der Waals surface area contributed by atoms with Crippen LogP contribution in [0.25, 0.3) is 11.0 Å². The normalized spacial score (nSPS) is 10.9. The molecule has 0 aliphatic rings. The van der Waals surface area contributed by atoms with Crippen LogP contribution in [-0.4, -0.2) is 39.4 Å². The van der Waals surface area contributed by atoms with Gasteiger partial charge in [0.2, 0.25) is 11.8 Å². The first-order chi connectivity index (χ1) is 13.8. The van der Waals surface area contributed by atoms with Gasteiger partial charge in [-0.25, -0.2) is 4.79 Å². The van der Waals surface area contributed by atoms with Gasteiger partial charge in [-0.15, -0.1) is 0 Å². The number of hydrogen-bond acceptors (Lipinski definition) is 3. The van der Waals surface area contributed by atoms with Crippen molar-refractivity contribution in [1.82, 2.24) is 14.0 Å². The topological polar surface area (TPSA) is 76.3 Å². The van der Waals surface area contributed by atoms with Crippen LogP contribution in [-0.2, 0) is 22.7 Å². The number of anilines is 1. The van der Waals surface area contributed by atoms with Gasteiger partial charge in [-0.2, -0.15) is 0 Å². The summed E-state index contributed by atoms with van der Waals surface area (Å²) in [7, 11) is 1.56. The largest absolute Gasteiger partial charge is 0.335 e. The van der Waals surface area contributed by atoms with Gasteiger partial charge >= 0.3 is 5.69 Å². The Balaban J connectivity index is 1.71. The highest BCUT2D eigenvalue weighted by Gasteiger charge is 2.18. The highest BCUT2D eigenvalue weighted by molar-refractivity contribution is 9.10. The zero-order valence-electron chi connectivity index (χ0n) is 16.6. The van der Waals surface area contributed by atoms with Gasteiger partial charge in [0.25, 0.3) is 0 Å². The van der Waals surface area contributed by atoms with Crippen LogP contribution in [0.3, 0.4) is 0 Å². The van der Waals surface area contributed by atoms with Gasteiger partial charge in [0.15, 0.2) is 0 Å². The lowest BCUT2D eigenvalue weighted by molar-refractivity contribution is -0.133. The summed E-state index contributed by atoms with van der Waals surface area (Å²) in [6.45, 7) is 4.08. The molecule has 2 aromatic carbocycles. The standard InChI is InChI=1S/C21H23BrN4O3/c1-4-25-17-7-5-6-8-18(17)26(21(25)29)13-20(28)24(3)12-19(27)23-16-10-9-15(22)11-14(16)2/h5-11H,4,12-13H2,1-3H3,(H,23,27). The average molecular weight is 459 g/mol. The number of halogens is 1. The number of carbonyl (C=O) groups excluding carboxylic acids is 2. The molecule has 2 amide bonds. The van der Waals surface area contributed by atoms with Crippen LogP contribution in [0.1, 0.15) is 12.5 Å². The minimum absolute atomic E-state index is 0.102. The molecule has 3 aromatic rings. The van der Waals surface area contributed by atoms with Crippen LogP contribution in [0.2, 0.25) is 0 Å². The molecule has 1 N–H and O–H groups in total. The van der Waals surface area contributed by atoms with Crippen molar-refractivity contribution in [1.29, 1.82) is 0 Å². The summed E-state index contributed by atoms with van der Waals surface area (Å²) in [4.78, 5) is 39.0. The van der Waals surface area contributed by atoms with Gasteiger partial charge in [-0.1, -0.05) is 28.1 Å². The van der Waals surface area contributed by atoms with Crippen LogP contribution in [0.15, 0.2) is 51.7 Å². The number of likely N-dealkylation sites (N-methyl/N-ethyl adjacent to an activating group) is 1. The predicted octanol–water partition coefficient (Wildman–Crippen LogP) is 2.99. The van der Waals surface area contributed by atoms with E-state index in [2.05, 4.69) is 21.2 Å². The van der Waals surface area contributed by atoms with Crippen molar-refractivity contribution >= 4 is 44.5 Å². The highest BCUT2D eigenvalue weighted by atomic mass is 79.9. The summed E-state index contributed by atoms with van der Waals surface area (Å²) in [6.07, 6.45) is 0. The smallest absolute Gasteiger partial charge is 0.329 e. The molecule has 0 unspecified atom stereocenters. The molecule has 0 fully saturated rings. The van der Waals surface area contributed by atoms with Crippen molar-refractivity contribution in [3.8, 4) is 0 Å². The molecule has 0 atom stereocenters. The molecule has 1 heterocycles. The number of aromatic nitrogens is 2. The molecule has 0 radical (unpaired) electrons. The Morgan fingerprint density at radius 1 is 1.10 bits per heavy atom. The molecule has 0 aliphatic carbocycles. The van der Waals surface area contributed by atoms with E-state index in [4.69, 9.17) is 0 Å². The zero-order chi connectivity index (χ0) is 21.1. The summed E-state index contributed by atoms with van der Waals surface area (Å²) in [5.74, 6) is -0.608. The fourth-order valence-corrected chi connectivity index (χ4v) is 3.72. The second kappa shape index (κ2) is 8.65. The van der Waals surface area contributed by atoms with Crippen molar-refractivity contribution in [2.24, 2.45) is 0 Å². The molecule has 29 heavy (non-hydrogen) atoms. The zero-order valence-corrected chi connectivity index (χ0v) is 18.2. The fraction of sp³-hybridized carbons (Fsp3) is 0.286. The second-order valence-electron chi connectivity index (χ2n) is 6.86. The van der Waals surface area contributed by atoms with Gasteiger partial charge in [0.05, 0.1) is 17.6 Å². The third kappa shape index (κ3) is 4.42.